The van der Waals surface area contributed by atoms with Crippen LogP contribution in [0.15, 0.2) is 46.9 Å². The average Bonchev–Trinajstić information content (AvgIpc) is 3.00. The summed E-state index contributed by atoms with van der Waals surface area (Å²) in [5.41, 5.74) is 8.25. The van der Waals surface area contributed by atoms with Gasteiger partial charge in [0, 0.05) is 16.5 Å². The third-order valence-electron chi connectivity index (χ3n) is 4.26. The molecule has 3 rings (SSSR count). The summed E-state index contributed by atoms with van der Waals surface area (Å²) in [6.07, 6.45) is 0. The van der Waals surface area contributed by atoms with Crippen molar-refractivity contribution < 1.29 is 18.8 Å². The summed E-state index contributed by atoms with van der Waals surface area (Å²) < 4.78 is 5.54. The molecule has 0 saturated carbocycles. The van der Waals surface area contributed by atoms with E-state index in [-0.39, 0.29) is 18.2 Å². The van der Waals surface area contributed by atoms with Gasteiger partial charge < -0.3 is 9.73 Å². The molecule has 3 aromatic rings. The molecule has 0 aliphatic rings. The molecular formula is C21H21N3O4. The van der Waals surface area contributed by atoms with Crippen LogP contribution in [0.5, 0.6) is 0 Å². The Labute approximate surface area is 162 Å². The van der Waals surface area contributed by atoms with Gasteiger partial charge in [-0.25, -0.2) is 0 Å². The summed E-state index contributed by atoms with van der Waals surface area (Å²) in [6.45, 7) is 5.29. The predicted octanol–water partition coefficient (Wildman–Crippen LogP) is 2.55. The van der Waals surface area contributed by atoms with E-state index in [0.29, 0.717) is 16.7 Å². The van der Waals surface area contributed by atoms with Gasteiger partial charge in [-0.15, -0.1) is 0 Å². The number of carbonyl (C=O) groups is 3. The lowest BCUT2D eigenvalue weighted by Gasteiger charge is -2.09. The zero-order valence-electron chi connectivity index (χ0n) is 15.9. The van der Waals surface area contributed by atoms with Crippen LogP contribution in [0.25, 0.3) is 11.0 Å². The zero-order valence-corrected chi connectivity index (χ0v) is 15.9. The van der Waals surface area contributed by atoms with E-state index in [4.69, 9.17) is 4.42 Å². The van der Waals surface area contributed by atoms with Crippen LogP contribution >= 0.6 is 0 Å². The van der Waals surface area contributed by atoms with E-state index in [1.807, 2.05) is 38.1 Å². The normalized spacial score (nSPS) is 10.5. The molecule has 144 valence electrons. The molecule has 7 nitrogen and oxygen atoms in total. The van der Waals surface area contributed by atoms with Crippen LogP contribution in [0.3, 0.4) is 0 Å². The van der Waals surface area contributed by atoms with E-state index in [1.54, 1.807) is 25.1 Å². The fraction of sp³-hybridized carbons (Fsp3) is 0.190. The first-order chi connectivity index (χ1) is 13.3. The number of aryl methyl sites for hydroxylation is 3. The number of para-hydroxylation sites is 1. The predicted molar refractivity (Wildman–Crippen MR) is 105 cm³/mol. The van der Waals surface area contributed by atoms with Crippen molar-refractivity contribution in [2.75, 3.05) is 6.54 Å². The molecule has 0 unspecified atom stereocenters. The minimum absolute atomic E-state index is 0.126. The van der Waals surface area contributed by atoms with Gasteiger partial charge in [0.05, 0.1) is 6.54 Å². The largest absolute Gasteiger partial charge is 0.451 e. The zero-order chi connectivity index (χ0) is 20.3. The number of rotatable bonds is 4. The molecule has 28 heavy (non-hydrogen) atoms. The van der Waals surface area contributed by atoms with Crippen LogP contribution in [0.4, 0.5) is 0 Å². The molecule has 1 aromatic heterocycles. The number of hydrazine groups is 1. The average molecular weight is 379 g/mol. The number of hydrogen-bond donors (Lipinski definition) is 3. The van der Waals surface area contributed by atoms with Gasteiger partial charge in [0.2, 0.25) is 0 Å². The fourth-order valence-corrected chi connectivity index (χ4v) is 2.99. The fourth-order valence-electron chi connectivity index (χ4n) is 2.99. The molecule has 0 spiro atoms. The second-order valence-electron chi connectivity index (χ2n) is 6.61. The van der Waals surface area contributed by atoms with Crippen molar-refractivity contribution in [2.24, 2.45) is 0 Å². The van der Waals surface area contributed by atoms with Gasteiger partial charge in [0.25, 0.3) is 11.8 Å². The highest BCUT2D eigenvalue weighted by Gasteiger charge is 2.18. The monoisotopic (exact) mass is 379 g/mol. The Balaban J connectivity index is 1.54. The van der Waals surface area contributed by atoms with Gasteiger partial charge in [0.1, 0.15) is 5.58 Å². The Bertz CT molecular complexity index is 1050. The van der Waals surface area contributed by atoms with E-state index >= 15 is 0 Å². The minimum Gasteiger partial charge on any atom is -0.451 e. The number of benzene rings is 2. The molecule has 7 heteroatoms. The Morgan fingerprint density at radius 2 is 1.57 bits per heavy atom. The summed E-state index contributed by atoms with van der Waals surface area (Å²) in [6, 6.07) is 12.7. The van der Waals surface area contributed by atoms with Crippen molar-refractivity contribution in [3.63, 3.8) is 0 Å². The number of furan rings is 1. The third-order valence-corrected chi connectivity index (χ3v) is 4.26. The molecule has 0 atom stereocenters. The maximum atomic E-state index is 12.3. The molecule has 1 heterocycles. The van der Waals surface area contributed by atoms with E-state index in [0.717, 1.165) is 16.5 Å². The van der Waals surface area contributed by atoms with Crippen molar-refractivity contribution in [2.45, 2.75) is 20.8 Å². The molecule has 0 radical (unpaired) electrons. The number of nitrogens with one attached hydrogen (secondary N) is 3. The molecule has 3 N–H and O–H groups in total. The van der Waals surface area contributed by atoms with Crippen molar-refractivity contribution >= 4 is 28.7 Å². The first kappa shape index (κ1) is 19.2. The highest BCUT2D eigenvalue weighted by Crippen LogP contribution is 2.24. The van der Waals surface area contributed by atoms with Gasteiger partial charge in [-0.05, 0) is 39.0 Å². The van der Waals surface area contributed by atoms with Crippen LogP contribution in [-0.4, -0.2) is 24.3 Å². The number of amides is 3. The smallest absolute Gasteiger partial charge is 0.305 e. The maximum absolute atomic E-state index is 12.3. The van der Waals surface area contributed by atoms with Gasteiger partial charge in [-0.3, -0.25) is 25.2 Å². The summed E-state index contributed by atoms with van der Waals surface area (Å²) in [4.78, 5) is 36.4. The van der Waals surface area contributed by atoms with E-state index in [1.165, 1.54) is 0 Å². The van der Waals surface area contributed by atoms with Crippen molar-refractivity contribution in [1.29, 1.82) is 0 Å². The summed E-state index contributed by atoms with van der Waals surface area (Å²) >= 11 is 0. The molecule has 0 aliphatic heterocycles. The Hall–Kier alpha value is -3.61. The van der Waals surface area contributed by atoms with Crippen molar-refractivity contribution in [1.82, 2.24) is 16.2 Å². The summed E-state index contributed by atoms with van der Waals surface area (Å²) in [5, 5.41) is 3.36. The Morgan fingerprint density at radius 1 is 0.893 bits per heavy atom. The second-order valence-corrected chi connectivity index (χ2v) is 6.61. The van der Waals surface area contributed by atoms with Crippen molar-refractivity contribution in [3.8, 4) is 0 Å². The maximum Gasteiger partial charge on any atom is 0.305 e. The quantitative estimate of drug-likeness (QED) is 0.607. The van der Waals surface area contributed by atoms with E-state index in [9.17, 15) is 14.4 Å². The van der Waals surface area contributed by atoms with Crippen molar-refractivity contribution in [3.05, 3.63) is 70.5 Å². The minimum atomic E-state index is -0.567. The standard InChI is InChI=1S/C21H21N3O4/c1-12-8-13(2)10-15(9-12)20(26)22-11-18(25)23-24-21(27)19-14(3)16-6-4-5-7-17(16)28-19/h4-10H,11H2,1-3H3,(H,22,26)(H,23,25)(H,24,27). The van der Waals surface area contributed by atoms with E-state index in [2.05, 4.69) is 16.2 Å². The van der Waals surface area contributed by atoms with Gasteiger partial charge in [-0.1, -0.05) is 35.4 Å². The Morgan fingerprint density at radius 3 is 2.25 bits per heavy atom. The van der Waals surface area contributed by atoms with Crippen LogP contribution in [0, 0.1) is 20.8 Å². The van der Waals surface area contributed by atoms with Crippen LogP contribution < -0.4 is 16.2 Å². The van der Waals surface area contributed by atoms with E-state index < -0.39 is 11.8 Å². The molecular weight excluding hydrogens is 358 g/mol. The van der Waals surface area contributed by atoms with Crippen LogP contribution in [-0.2, 0) is 4.79 Å². The number of fused-ring (bicyclic) bond motifs is 1. The first-order valence-electron chi connectivity index (χ1n) is 8.79. The highest BCUT2D eigenvalue weighted by molar-refractivity contribution is 6.00. The summed E-state index contributed by atoms with van der Waals surface area (Å²) in [7, 11) is 0. The SMILES string of the molecule is Cc1cc(C)cc(C(=O)NCC(=O)NNC(=O)c2oc3ccccc3c2C)c1. The van der Waals surface area contributed by atoms with Gasteiger partial charge >= 0.3 is 5.91 Å². The lowest BCUT2D eigenvalue weighted by Crippen LogP contribution is -2.46. The summed E-state index contributed by atoms with van der Waals surface area (Å²) in [5.74, 6) is -1.36. The van der Waals surface area contributed by atoms with Crippen LogP contribution in [0.1, 0.15) is 37.6 Å². The van der Waals surface area contributed by atoms with Gasteiger partial charge in [0.15, 0.2) is 5.76 Å². The lowest BCUT2D eigenvalue weighted by atomic mass is 10.1. The molecule has 0 bridgehead atoms. The number of hydrogen-bond acceptors (Lipinski definition) is 4. The first-order valence-corrected chi connectivity index (χ1v) is 8.79. The second kappa shape index (κ2) is 7.96. The molecule has 3 amide bonds. The van der Waals surface area contributed by atoms with Gasteiger partial charge in [-0.2, -0.15) is 0 Å². The molecule has 0 fully saturated rings. The number of carbonyl (C=O) groups excluding carboxylic acids is 3. The molecule has 0 aliphatic carbocycles. The molecule has 2 aromatic carbocycles. The topological polar surface area (TPSA) is 100 Å². The van der Waals surface area contributed by atoms with Crippen LogP contribution in [0.2, 0.25) is 0 Å². The Kier molecular flexibility index (Phi) is 5.44. The highest BCUT2D eigenvalue weighted by atomic mass is 16.3. The third kappa shape index (κ3) is 4.20. The lowest BCUT2D eigenvalue weighted by molar-refractivity contribution is -0.120. The molecule has 0 saturated heterocycles.